The summed E-state index contributed by atoms with van der Waals surface area (Å²) in [5.74, 6) is 1.39. The van der Waals surface area contributed by atoms with Gasteiger partial charge >= 0.3 is 0 Å². The Balaban J connectivity index is 2.17. The fraction of sp³-hybridized carbons (Fsp3) is 0.429. The first-order chi connectivity index (χ1) is 9.13. The molecule has 2 rings (SSSR count). The van der Waals surface area contributed by atoms with Crippen LogP contribution in [0, 0.1) is 6.92 Å². The topological polar surface area (TPSA) is 51.1 Å². The van der Waals surface area contributed by atoms with E-state index in [9.17, 15) is 4.79 Å². The highest BCUT2D eigenvalue weighted by Gasteiger charge is 2.22. The molecular formula is C14H18N2O3. The van der Waals surface area contributed by atoms with Crippen LogP contribution in [-0.2, 0) is 16.1 Å². The van der Waals surface area contributed by atoms with Crippen LogP contribution in [0.25, 0.3) is 0 Å². The van der Waals surface area contributed by atoms with E-state index in [-0.39, 0.29) is 12.5 Å². The van der Waals surface area contributed by atoms with Crippen molar-refractivity contribution in [2.24, 2.45) is 4.99 Å². The predicted molar refractivity (Wildman–Crippen MR) is 72.5 cm³/mol. The zero-order valence-electron chi connectivity index (χ0n) is 11.5. The third-order valence-electron chi connectivity index (χ3n) is 3.11. The molecule has 0 fully saturated rings. The molecule has 0 unspecified atom stereocenters. The molecule has 0 N–H and O–H groups in total. The van der Waals surface area contributed by atoms with E-state index in [4.69, 9.17) is 9.47 Å². The minimum absolute atomic E-state index is 0.00317. The van der Waals surface area contributed by atoms with Gasteiger partial charge in [-0.15, -0.1) is 0 Å². The molecule has 1 aromatic carbocycles. The summed E-state index contributed by atoms with van der Waals surface area (Å²) in [5, 5.41) is 0. The SMILES string of the molecule is COC1=NCC(=O)N(Cc2ccc(C)cc2OC)C1. The minimum atomic E-state index is 0.00317. The van der Waals surface area contributed by atoms with Crippen LogP contribution in [0.1, 0.15) is 11.1 Å². The van der Waals surface area contributed by atoms with E-state index in [0.29, 0.717) is 19.0 Å². The first-order valence-corrected chi connectivity index (χ1v) is 6.12. The van der Waals surface area contributed by atoms with Crippen molar-refractivity contribution in [2.75, 3.05) is 27.3 Å². The zero-order chi connectivity index (χ0) is 13.8. The number of aliphatic imine (C=N–C) groups is 1. The van der Waals surface area contributed by atoms with E-state index in [0.717, 1.165) is 16.9 Å². The number of aryl methyl sites for hydroxylation is 1. The third kappa shape index (κ3) is 3.05. The maximum atomic E-state index is 11.8. The van der Waals surface area contributed by atoms with Gasteiger partial charge in [-0.25, -0.2) is 4.99 Å². The van der Waals surface area contributed by atoms with Gasteiger partial charge in [0, 0.05) is 12.1 Å². The van der Waals surface area contributed by atoms with Crippen LogP contribution in [0.2, 0.25) is 0 Å². The fourth-order valence-corrected chi connectivity index (χ4v) is 2.02. The number of ether oxygens (including phenoxy) is 2. The number of nitrogens with zero attached hydrogens (tertiary/aromatic N) is 2. The van der Waals surface area contributed by atoms with Gasteiger partial charge in [-0.2, -0.15) is 0 Å². The summed E-state index contributed by atoms with van der Waals surface area (Å²) in [6.45, 7) is 3.07. The Morgan fingerprint density at radius 1 is 1.32 bits per heavy atom. The summed E-state index contributed by atoms with van der Waals surface area (Å²) >= 11 is 0. The van der Waals surface area contributed by atoms with Crippen molar-refractivity contribution < 1.29 is 14.3 Å². The molecule has 0 aromatic heterocycles. The van der Waals surface area contributed by atoms with Crippen LogP contribution >= 0.6 is 0 Å². The van der Waals surface area contributed by atoms with E-state index in [1.807, 2.05) is 25.1 Å². The highest BCUT2D eigenvalue weighted by atomic mass is 16.5. The molecule has 1 heterocycles. The average Bonchev–Trinajstić information content (AvgIpc) is 2.43. The lowest BCUT2D eigenvalue weighted by Crippen LogP contribution is -2.41. The first kappa shape index (κ1) is 13.4. The van der Waals surface area contributed by atoms with E-state index in [2.05, 4.69) is 4.99 Å². The summed E-state index contributed by atoms with van der Waals surface area (Å²) in [7, 11) is 3.21. The second-order valence-electron chi connectivity index (χ2n) is 4.48. The highest BCUT2D eigenvalue weighted by molar-refractivity contribution is 5.91. The lowest BCUT2D eigenvalue weighted by molar-refractivity contribution is -0.130. The summed E-state index contributed by atoms with van der Waals surface area (Å²) < 4.78 is 10.5. The van der Waals surface area contributed by atoms with Crippen molar-refractivity contribution in [1.29, 1.82) is 0 Å². The van der Waals surface area contributed by atoms with Crippen LogP contribution in [0.5, 0.6) is 5.75 Å². The van der Waals surface area contributed by atoms with Gasteiger partial charge in [0.25, 0.3) is 0 Å². The van der Waals surface area contributed by atoms with Crippen LogP contribution in [0.4, 0.5) is 0 Å². The lowest BCUT2D eigenvalue weighted by Gasteiger charge is -2.26. The number of amides is 1. The van der Waals surface area contributed by atoms with Crippen LogP contribution in [0.3, 0.4) is 0 Å². The molecule has 0 spiro atoms. The van der Waals surface area contributed by atoms with Crippen molar-refractivity contribution in [3.63, 3.8) is 0 Å². The fourth-order valence-electron chi connectivity index (χ4n) is 2.02. The van der Waals surface area contributed by atoms with Crippen molar-refractivity contribution in [1.82, 2.24) is 4.90 Å². The number of rotatable bonds is 3. The molecule has 0 radical (unpaired) electrons. The monoisotopic (exact) mass is 262 g/mol. The maximum Gasteiger partial charge on any atom is 0.245 e. The lowest BCUT2D eigenvalue weighted by atomic mass is 10.1. The number of hydrogen-bond donors (Lipinski definition) is 0. The summed E-state index contributed by atoms with van der Waals surface area (Å²) in [4.78, 5) is 17.6. The largest absolute Gasteiger partial charge is 0.496 e. The Morgan fingerprint density at radius 3 is 2.79 bits per heavy atom. The number of hydrogen-bond acceptors (Lipinski definition) is 4. The zero-order valence-corrected chi connectivity index (χ0v) is 11.5. The molecule has 1 aromatic rings. The molecule has 5 nitrogen and oxygen atoms in total. The molecule has 1 amide bonds. The molecular weight excluding hydrogens is 244 g/mol. The molecule has 0 aliphatic carbocycles. The quantitative estimate of drug-likeness (QED) is 0.827. The van der Waals surface area contributed by atoms with Gasteiger partial charge in [0.05, 0.1) is 20.8 Å². The van der Waals surface area contributed by atoms with Gasteiger partial charge in [-0.1, -0.05) is 12.1 Å². The summed E-state index contributed by atoms with van der Waals surface area (Å²) in [6.07, 6.45) is 0. The first-order valence-electron chi connectivity index (χ1n) is 6.12. The Morgan fingerprint density at radius 2 is 2.11 bits per heavy atom. The van der Waals surface area contributed by atoms with Crippen molar-refractivity contribution in [3.8, 4) is 5.75 Å². The average molecular weight is 262 g/mol. The van der Waals surface area contributed by atoms with Crippen LogP contribution in [0.15, 0.2) is 23.2 Å². The molecule has 19 heavy (non-hydrogen) atoms. The summed E-state index contributed by atoms with van der Waals surface area (Å²) in [5.41, 5.74) is 2.11. The van der Waals surface area contributed by atoms with Crippen LogP contribution in [-0.4, -0.2) is 44.0 Å². The van der Waals surface area contributed by atoms with Crippen molar-refractivity contribution in [2.45, 2.75) is 13.5 Å². The van der Waals surface area contributed by atoms with Gasteiger partial charge < -0.3 is 14.4 Å². The number of carbonyl (C=O) groups is 1. The second kappa shape index (κ2) is 5.73. The van der Waals surface area contributed by atoms with E-state index >= 15 is 0 Å². The molecule has 0 saturated carbocycles. The predicted octanol–water partition coefficient (Wildman–Crippen LogP) is 1.39. The normalized spacial score (nSPS) is 15.2. The van der Waals surface area contributed by atoms with Gasteiger partial charge in [-0.3, -0.25) is 4.79 Å². The molecule has 1 aliphatic rings. The third-order valence-corrected chi connectivity index (χ3v) is 3.11. The molecule has 0 saturated heterocycles. The number of carbonyl (C=O) groups excluding carboxylic acids is 1. The molecule has 102 valence electrons. The van der Waals surface area contributed by atoms with Crippen molar-refractivity contribution >= 4 is 11.8 Å². The highest BCUT2D eigenvalue weighted by Crippen LogP contribution is 2.22. The Kier molecular flexibility index (Phi) is 4.04. The Bertz CT molecular complexity index is 511. The second-order valence-corrected chi connectivity index (χ2v) is 4.48. The standard InChI is InChI=1S/C14H18N2O3/c1-10-4-5-11(12(6-10)18-2)8-16-9-13(19-3)15-7-14(16)17/h4-6H,7-9H2,1-3H3. The van der Waals surface area contributed by atoms with Gasteiger partial charge in [0.2, 0.25) is 11.8 Å². The van der Waals surface area contributed by atoms with Crippen molar-refractivity contribution in [3.05, 3.63) is 29.3 Å². The molecule has 0 bridgehead atoms. The van der Waals surface area contributed by atoms with E-state index in [1.54, 1.807) is 19.1 Å². The summed E-state index contributed by atoms with van der Waals surface area (Å²) in [6, 6.07) is 5.96. The Hall–Kier alpha value is -2.04. The van der Waals surface area contributed by atoms with E-state index in [1.165, 1.54) is 0 Å². The molecule has 1 aliphatic heterocycles. The molecule has 5 heteroatoms. The molecule has 0 atom stereocenters. The van der Waals surface area contributed by atoms with Gasteiger partial charge in [0.1, 0.15) is 12.3 Å². The Labute approximate surface area is 112 Å². The maximum absolute atomic E-state index is 11.8. The number of benzene rings is 1. The van der Waals surface area contributed by atoms with Gasteiger partial charge in [0.15, 0.2) is 0 Å². The van der Waals surface area contributed by atoms with Gasteiger partial charge in [-0.05, 0) is 18.6 Å². The number of methoxy groups -OCH3 is 2. The minimum Gasteiger partial charge on any atom is -0.496 e. The van der Waals surface area contributed by atoms with Crippen LogP contribution < -0.4 is 4.74 Å². The van der Waals surface area contributed by atoms with E-state index < -0.39 is 0 Å². The smallest absolute Gasteiger partial charge is 0.245 e.